The van der Waals surface area contributed by atoms with Gasteiger partial charge in [0.15, 0.2) is 0 Å². The molecular formula is C32H32N2O4. The van der Waals surface area contributed by atoms with Gasteiger partial charge in [-0.25, -0.2) is 0 Å². The SMILES string of the molecule is CCCCc1ccc(C(=O)Nc2ccc(-c3cc4c(o3)CCN(C(=O)c3cccc(OC)c3)C4)cc2)cc1. The quantitative estimate of drug-likeness (QED) is 0.286. The molecule has 0 fully saturated rings. The van der Waals surface area contributed by atoms with Crippen molar-refractivity contribution in [2.24, 2.45) is 0 Å². The van der Waals surface area contributed by atoms with Crippen molar-refractivity contribution < 1.29 is 18.7 Å². The van der Waals surface area contributed by atoms with Crippen LogP contribution in [-0.2, 0) is 19.4 Å². The van der Waals surface area contributed by atoms with Crippen LogP contribution in [0.2, 0.25) is 0 Å². The number of nitrogens with zero attached hydrogens (tertiary/aromatic N) is 1. The van der Waals surface area contributed by atoms with Gasteiger partial charge >= 0.3 is 0 Å². The number of furan rings is 1. The number of rotatable bonds is 8. The van der Waals surface area contributed by atoms with E-state index in [-0.39, 0.29) is 11.8 Å². The Morgan fingerprint density at radius 3 is 2.50 bits per heavy atom. The Labute approximate surface area is 223 Å². The number of aryl methyl sites for hydroxylation is 1. The van der Waals surface area contributed by atoms with Gasteiger partial charge < -0.3 is 19.4 Å². The Hall–Kier alpha value is -4.32. The number of unbranched alkanes of at least 4 members (excludes halogenated alkanes) is 1. The van der Waals surface area contributed by atoms with Crippen LogP contribution in [0.1, 0.15) is 57.4 Å². The van der Waals surface area contributed by atoms with Crippen molar-refractivity contribution in [1.82, 2.24) is 4.90 Å². The number of carbonyl (C=O) groups excluding carboxylic acids is 2. The second-order valence-electron chi connectivity index (χ2n) is 9.60. The minimum Gasteiger partial charge on any atom is -0.497 e. The van der Waals surface area contributed by atoms with Gasteiger partial charge in [-0.3, -0.25) is 9.59 Å². The highest BCUT2D eigenvalue weighted by Gasteiger charge is 2.25. The second-order valence-corrected chi connectivity index (χ2v) is 9.60. The fourth-order valence-corrected chi connectivity index (χ4v) is 4.71. The molecule has 38 heavy (non-hydrogen) atoms. The van der Waals surface area contributed by atoms with Crippen LogP contribution in [0.25, 0.3) is 11.3 Å². The van der Waals surface area contributed by atoms with Crippen LogP contribution >= 0.6 is 0 Å². The molecule has 0 unspecified atom stereocenters. The molecule has 0 saturated carbocycles. The standard InChI is InChI=1S/C32H32N2O4/c1-3-4-6-22-9-11-24(12-10-22)31(35)33-27-15-13-23(14-16-27)30-20-26-21-34(18-17-29(26)38-30)32(36)25-7-5-8-28(19-25)37-2/h5,7-16,19-20H,3-4,6,17-18,21H2,1-2H3,(H,33,35). The predicted octanol–water partition coefficient (Wildman–Crippen LogP) is 6.75. The van der Waals surface area contributed by atoms with E-state index in [9.17, 15) is 9.59 Å². The number of amides is 2. The normalized spacial score (nSPS) is 12.6. The Kier molecular flexibility index (Phi) is 7.59. The maximum absolute atomic E-state index is 13.0. The summed E-state index contributed by atoms with van der Waals surface area (Å²) in [5, 5.41) is 2.97. The lowest BCUT2D eigenvalue weighted by Gasteiger charge is -2.26. The van der Waals surface area contributed by atoms with Gasteiger partial charge in [0.25, 0.3) is 11.8 Å². The Bertz CT molecular complexity index is 1420. The third-order valence-electron chi connectivity index (χ3n) is 6.93. The summed E-state index contributed by atoms with van der Waals surface area (Å²) >= 11 is 0. The molecule has 1 aliphatic rings. The molecule has 5 rings (SSSR count). The number of fused-ring (bicyclic) bond motifs is 1. The topological polar surface area (TPSA) is 71.8 Å². The first-order valence-corrected chi connectivity index (χ1v) is 13.1. The molecule has 1 N–H and O–H groups in total. The molecule has 1 aromatic heterocycles. The van der Waals surface area contributed by atoms with Crippen molar-refractivity contribution in [1.29, 1.82) is 0 Å². The average Bonchev–Trinajstić information content (AvgIpc) is 3.40. The number of carbonyl (C=O) groups is 2. The molecule has 0 saturated heterocycles. The fourth-order valence-electron chi connectivity index (χ4n) is 4.71. The van der Waals surface area contributed by atoms with E-state index in [0.29, 0.717) is 36.4 Å². The van der Waals surface area contributed by atoms with Gasteiger partial charge in [-0.2, -0.15) is 0 Å². The molecule has 4 aromatic rings. The van der Waals surface area contributed by atoms with E-state index in [2.05, 4.69) is 12.2 Å². The summed E-state index contributed by atoms with van der Waals surface area (Å²) in [4.78, 5) is 27.6. The first-order chi connectivity index (χ1) is 18.5. The lowest BCUT2D eigenvalue weighted by atomic mass is 10.1. The van der Waals surface area contributed by atoms with E-state index in [1.807, 2.05) is 77.7 Å². The predicted molar refractivity (Wildman–Crippen MR) is 149 cm³/mol. The van der Waals surface area contributed by atoms with Crippen LogP contribution in [0.15, 0.2) is 83.3 Å². The third-order valence-corrected chi connectivity index (χ3v) is 6.93. The van der Waals surface area contributed by atoms with E-state index in [1.165, 1.54) is 5.56 Å². The molecule has 0 spiro atoms. The number of hydrogen-bond acceptors (Lipinski definition) is 4. The van der Waals surface area contributed by atoms with Crippen LogP contribution in [-0.4, -0.2) is 30.4 Å². The number of methoxy groups -OCH3 is 1. The van der Waals surface area contributed by atoms with Crippen molar-refractivity contribution >= 4 is 17.5 Å². The summed E-state index contributed by atoms with van der Waals surface area (Å²) in [7, 11) is 1.59. The van der Waals surface area contributed by atoms with Crippen LogP contribution < -0.4 is 10.1 Å². The molecule has 0 atom stereocenters. The zero-order valence-electron chi connectivity index (χ0n) is 21.8. The van der Waals surface area contributed by atoms with Crippen molar-refractivity contribution in [3.63, 3.8) is 0 Å². The van der Waals surface area contributed by atoms with Gasteiger partial charge in [0.1, 0.15) is 17.3 Å². The summed E-state index contributed by atoms with van der Waals surface area (Å²) in [5.74, 6) is 2.18. The molecule has 0 aliphatic carbocycles. The van der Waals surface area contributed by atoms with E-state index >= 15 is 0 Å². The van der Waals surface area contributed by atoms with Gasteiger partial charge in [0.2, 0.25) is 0 Å². The van der Waals surface area contributed by atoms with E-state index < -0.39 is 0 Å². The van der Waals surface area contributed by atoms with Crippen molar-refractivity contribution in [2.75, 3.05) is 19.0 Å². The fraction of sp³-hybridized carbons (Fsp3) is 0.250. The first kappa shape index (κ1) is 25.3. The minimum atomic E-state index is -0.131. The monoisotopic (exact) mass is 508 g/mol. The Balaban J connectivity index is 1.23. The van der Waals surface area contributed by atoms with Gasteiger partial charge in [-0.1, -0.05) is 31.5 Å². The first-order valence-electron chi connectivity index (χ1n) is 13.1. The molecule has 194 valence electrons. The Morgan fingerprint density at radius 2 is 1.76 bits per heavy atom. The number of hydrogen-bond donors (Lipinski definition) is 1. The van der Waals surface area contributed by atoms with E-state index in [4.69, 9.17) is 9.15 Å². The average molecular weight is 509 g/mol. The van der Waals surface area contributed by atoms with Crippen molar-refractivity contribution in [3.05, 3.63) is 107 Å². The summed E-state index contributed by atoms with van der Waals surface area (Å²) in [6.07, 6.45) is 4.00. The zero-order chi connectivity index (χ0) is 26.5. The highest BCUT2D eigenvalue weighted by Crippen LogP contribution is 2.31. The maximum Gasteiger partial charge on any atom is 0.255 e. The largest absolute Gasteiger partial charge is 0.497 e. The van der Waals surface area contributed by atoms with Crippen LogP contribution in [0.5, 0.6) is 5.75 Å². The highest BCUT2D eigenvalue weighted by atomic mass is 16.5. The third kappa shape index (κ3) is 5.65. The van der Waals surface area contributed by atoms with Crippen LogP contribution in [0, 0.1) is 0 Å². The molecule has 3 aromatic carbocycles. The summed E-state index contributed by atoms with van der Waals surface area (Å²) < 4.78 is 11.4. The van der Waals surface area contributed by atoms with Crippen LogP contribution in [0.4, 0.5) is 5.69 Å². The van der Waals surface area contributed by atoms with E-state index in [1.54, 1.807) is 13.2 Å². The summed E-state index contributed by atoms with van der Waals surface area (Å²) in [6.45, 7) is 3.27. The van der Waals surface area contributed by atoms with E-state index in [0.717, 1.165) is 47.6 Å². The molecule has 2 amide bonds. The smallest absolute Gasteiger partial charge is 0.255 e. The minimum absolute atomic E-state index is 0.0204. The molecule has 2 heterocycles. The highest BCUT2D eigenvalue weighted by molar-refractivity contribution is 6.04. The lowest BCUT2D eigenvalue weighted by Crippen LogP contribution is -2.35. The summed E-state index contributed by atoms with van der Waals surface area (Å²) in [5.41, 5.74) is 5.16. The number of nitrogens with one attached hydrogen (secondary N) is 1. The molecule has 6 heteroatoms. The van der Waals surface area contributed by atoms with Gasteiger partial charge in [-0.05, 0) is 79.1 Å². The van der Waals surface area contributed by atoms with Crippen molar-refractivity contribution in [3.8, 4) is 17.1 Å². The van der Waals surface area contributed by atoms with Gasteiger partial charge in [-0.15, -0.1) is 0 Å². The molecule has 6 nitrogen and oxygen atoms in total. The lowest BCUT2D eigenvalue weighted by molar-refractivity contribution is 0.0729. The number of ether oxygens (including phenoxy) is 1. The zero-order valence-corrected chi connectivity index (χ0v) is 21.8. The molecule has 0 bridgehead atoms. The molecule has 0 radical (unpaired) electrons. The van der Waals surface area contributed by atoms with Gasteiger partial charge in [0, 0.05) is 47.5 Å². The number of benzene rings is 3. The van der Waals surface area contributed by atoms with Gasteiger partial charge in [0.05, 0.1) is 7.11 Å². The number of anilines is 1. The Morgan fingerprint density at radius 1 is 0.974 bits per heavy atom. The maximum atomic E-state index is 13.0. The second kappa shape index (κ2) is 11.4. The summed E-state index contributed by atoms with van der Waals surface area (Å²) in [6, 6.07) is 24.7. The molecular weight excluding hydrogens is 476 g/mol. The molecule has 1 aliphatic heterocycles. The van der Waals surface area contributed by atoms with Crippen LogP contribution in [0.3, 0.4) is 0 Å². The van der Waals surface area contributed by atoms with Crippen molar-refractivity contribution in [2.45, 2.75) is 39.2 Å².